The van der Waals surface area contributed by atoms with E-state index >= 15 is 0 Å². The molecule has 0 saturated heterocycles. The van der Waals surface area contributed by atoms with Crippen LogP contribution in [0, 0.1) is 13.8 Å². The van der Waals surface area contributed by atoms with Crippen molar-refractivity contribution in [2.75, 3.05) is 13.1 Å². The van der Waals surface area contributed by atoms with Gasteiger partial charge in [0.2, 0.25) is 0 Å². The SMILES string of the molecule is CCN(CC)Cc1c(O)ccc2oc(C)c(C(=O)c3ccc(C)cc3)c12. The molecule has 1 N–H and O–H groups in total. The Hall–Kier alpha value is -2.59. The monoisotopic (exact) mass is 351 g/mol. The number of hydrogen-bond donors (Lipinski definition) is 1. The first-order valence-electron chi connectivity index (χ1n) is 9.03. The van der Waals surface area contributed by atoms with Gasteiger partial charge in [0.1, 0.15) is 17.1 Å². The number of rotatable bonds is 6. The molecular weight excluding hydrogens is 326 g/mol. The van der Waals surface area contributed by atoms with Gasteiger partial charge in [0.25, 0.3) is 0 Å². The molecule has 0 radical (unpaired) electrons. The molecule has 0 amide bonds. The Labute approximate surface area is 154 Å². The number of aromatic hydroxyl groups is 1. The number of hydrogen-bond acceptors (Lipinski definition) is 4. The molecule has 3 aromatic rings. The number of nitrogens with zero attached hydrogens (tertiary/aromatic N) is 1. The Morgan fingerprint density at radius 1 is 1.04 bits per heavy atom. The lowest BCUT2D eigenvalue weighted by Gasteiger charge is -2.19. The quantitative estimate of drug-likeness (QED) is 0.646. The topological polar surface area (TPSA) is 53.7 Å². The second-order valence-electron chi connectivity index (χ2n) is 6.63. The van der Waals surface area contributed by atoms with Crippen LogP contribution in [0.5, 0.6) is 5.75 Å². The molecular formula is C22H25NO3. The molecule has 2 aromatic carbocycles. The van der Waals surface area contributed by atoms with Crippen LogP contribution in [0.4, 0.5) is 0 Å². The Bertz CT molecular complexity index is 934. The van der Waals surface area contributed by atoms with Gasteiger partial charge in [-0.15, -0.1) is 0 Å². The van der Waals surface area contributed by atoms with Crippen molar-refractivity contribution in [2.45, 2.75) is 34.2 Å². The Morgan fingerprint density at radius 2 is 1.69 bits per heavy atom. The molecule has 0 aliphatic carbocycles. The van der Waals surface area contributed by atoms with Crippen molar-refractivity contribution in [1.82, 2.24) is 4.90 Å². The number of carbonyl (C=O) groups excluding carboxylic acids is 1. The van der Waals surface area contributed by atoms with Crippen molar-refractivity contribution in [1.29, 1.82) is 0 Å². The highest BCUT2D eigenvalue weighted by Crippen LogP contribution is 2.35. The summed E-state index contributed by atoms with van der Waals surface area (Å²) in [6.45, 7) is 10.3. The van der Waals surface area contributed by atoms with E-state index in [1.54, 1.807) is 19.1 Å². The lowest BCUT2D eigenvalue weighted by Crippen LogP contribution is -2.22. The Kier molecular flexibility index (Phi) is 5.14. The highest BCUT2D eigenvalue weighted by molar-refractivity contribution is 6.17. The third-order valence-corrected chi connectivity index (χ3v) is 4.93. The van der Waals surface area contributed by atoms with E-state index in [9.17, 15) is 9.90 Å². The molecule has 3 rings (SSSR count). The number of carbonyl (C=O) groups is 1. The van der Waals surface area contributed by atoms with E-state index in [1.807, 2.05) is 31.2 Å². The second kappa shape index (κ2) is 7.34. The maximum Gasteiger partial charge on any atom is 0.197 e. The molecule has 0 spiro atoms. The van der Waals surface area contributed by atoms with Crippen LogP contribution < -0.4 is 0 Å². The van der Waals surface area contributed by atoms with Gasteiger partial charge in [0, 0.05) is 23.1 Å². The highest BCUT2D eigenvalue weighted by atomic mass is 16.3. The number of aryl methyl sites for hydroxylation is 2. The average Bonchev–Trinajstić information content (AvgIpc) is 2.97. The minimum absolute atomic E-state index is 0.0763. The van der Waals surface area contributed by atoms with Gasteiger partial charge in [-0.2, -0.15) is 0 Å². The molecule has 0 bridgehead atoms. The number of phenolic OH excluding ortho intramolecular Hbond substituents is 1. The van der Waals surface area contributed by atoms with E-state index in [0.29, 0.717) is 29.0 Å². The summed E-state index contributed by atoms with van der Waals surface area (Å²) >= 11 is 0. The van der Waals surface area contributed by atoms with E-state index < -0.39 is 0 Å². The fourth-order valence-electron chi connectivity index (χ4n) is 3.32. The minimum Gasteiger partial charge on any atom is -0.508 e. The molecule has 0 aliphatic rings. The summed E-state index contributed by atoms with van der Waals surface area (Å²) in [5, 5.41) is 11.2. The van der Waals surface area contributed by atoms with Crippen LogP contribution in [0.25, 0.3) is 11.0 Å². The minimum atomic E-state index is -0.0763. The number of phenols is 1. The molecule has 1 heterocycles. The van der Waals surface area contributed by atoms with E-state index in [-0.39, 0.29) is 11.5 Å². The van der Waals surface area contributed by atoms with Gasteiger partial charge in [-0.3, -0.25) is 9.69 Å². The molecule has 4 nitrogen and oxygen atoms in total. The predicted octanol–water partition coefficient (Wildman–Crippen LogP) is 4.83. The lowest BCUT2D eigenvalue weighted by molar-refractivity contribution is 0.103. The summed E-state index contributed by atoms with van der Waals surface area (Å²) in [5.74, 6) is 0.702. The molecule has 0 atom stereocenters. The maximum absolute atomic E-state index is 13.2. The third kappa shape index (κ3) is 3.25. The molecule has 0 unspecified atom stereocenters. The van der Waals surface area contributed by atoms with E-state index in [1.165, 1.54) is 0 Å². The van der Waals surface area contributed by atoms with E-state index in [4.69, 9.17) is 4.42 Å². The van der Waals surface area contributed by atoms with Crippen LogP contribution in [0.2, 0.25) is 0 Å². The van der Waals surface area contributed by atoms with Gasteiger partial charge >= 0.3 is 0 Å². The van der Waals surface area contributed by atoms with Crippen LogP contribution in [0.3, 0.4) is 0 Å². The summed E-state index contributed by atoms with van der Waals surface area (Å²) in [6, 6.07) is 10.9. The van der Waals surface area contributed by atoms with Crippen LogP contribution in [0.15, 0.2) is 40.8 Å². The first-order valence-corrected chi connectivity index (χ1v) is 9.03. The normalized spacial score (nSPS) is 11.4. The van der Waals surface area contributed by atoms with Crippen molar-refractivity contribution < 1.29 is 14.3 Å². The molecule has 1 aromatic heterocycles. The van der Waals surface area contributed by atoms with Crippen molar-refractivity contribution >= 4 is 16.8 Å². The molecule has 26 heavy (non-hydrogen) atoms. The van der Waals surface area contributed by atoms with Crippen LogP contribution in [0.1, 0.15) is 46.7 Å². The molecule has 136 valence electrons. The molecule has 4 heteroatoms. The summed E-state index contributed by atoms with van der Waals surface area (Å²) in [5.41, 5.74) is 3.66. The zero-order valence-electron chi connectivity index (χ0n) is 15.8. The average molecular weight is 351 g/mol. The zero-order valence-corrected chi connectivity index (χ0v) is 15.8. The van der Waals surface area contributed by atoms with Gasteiger partial charge in [0.05, 0.1) is 5.56 Å². The summed E-state index contributed by atoms with van der Waals surface area (Å²) in [6.07, 6.45) is 0. The second-order valence-corrected chi connectivity index (χ2v) is 6.63. The summed E-state index contributed by atoms with van der Waals surface area (Å²) < 4.78 is 5.86. The fourth-order valence-corrected chi connectivity index (χ4v) is 3.32. The number of fused-ring (bicyclic) bond motifs is 1. The Morgan fingerprint density at radius 3 is 2.31 bits per heavy atom. The van der Waals surface area contributed by atoms with E-state index in [2.05, 4.69) is 18.7 Å². The number of furan rings is 1. The first-order chi connectivity index (χ1) is 12.5. The summed E-state index contributed by atoms with van der Waals surface area (Å²) in [4.78, 5) is 15.4. The molecule has 0 fully saturated rings. The largest absolute Gasteiger partial charge is 0.508 e. The van der Waals surface area contributed by atoms with Crippen LogP contribution >= 0.6 is 0 Å². The van der Waals surface area contributed by atoms with Gasteiger partial charge < -0.3 is 9.52 Å². The first kappa shape index (κ1) is 18.2. The standard InChI is InChI=1S/C22H25NO3/c1-5-23(6-2)13-17-18(24)11-12-19-21(17)20(15(4)26-19)22(25)16-9-7-14(3)8-10-16/h7-12,24H,5-6,13H2,1-4H3. The zero-order chi connectivity index (χ0) is 18.8. The van der Waals surface area contributed by atoms with Gasteiger partial charge in [-0.05, 0) is 39.1 Å². The highest BCUT2D eigenvalue weighted by Gasteiger charge is 2.24. The van der Waals surface area contributed by atoms with Crippen molar-refractivity contribution in [3.8, 4) is 5.75 Å². The third-order valence-electron chi connectivity index (χ3n) is 4.93. The van der Waals surface area contributed by atoms with Gasteiger partial charge in [-0.1, -0.05) is 43.7 Å². The van der Waals surface area contributed by atoms with E-state index in [0.717, 1.165) is 29.6 Å². The van der Waals surface area contributed by atoms with Crippen LogP contribution in [-0.4, -0.2) is 28.9 Å². The Balaban J connectivity index is 2.18. The summed E-state index contributed by atoms with van der Waals surface area (Å²) in [7, 11) is 0. The van der Waals surface area contributed by atoms with Crippen LogP contribution in [-0.2, 0) is 6.54 Å². The molecule has 0 aliphatic heterocycles. The lowest BCUT2D eigenvalue weighted by atomic mass is 9.96. The van der Waals surface area contributed by atoms with Crippen molar-refractivity contribution in [3.05, 3.63) is 64.4 Å². The fraction of sp³-hybridized carbons (Fsp3) is 0.318. The smallest absolute Gasteiger partial charge is 0.197 e. The molecule has 0 saturated carbocycles. The maximum atomic E-state index is 13.2. The number of ketones is 1. The van der Waals surface area contributed by atoms with Crippen molar-refractivity contribution in [2.24, 2.45) is 0 Å². The van der Waals surface area contributed by atoms with Gasteiger partial charge in [0.15, 0.2) is 5.78 Å². The predicted molar refractivity (Wildman–Crippen MR) is 104 cm³/mol. The number of benzene rings is 2. The van der Waals surface area contributed by atoms with Gasteiger partial charge in [-0.25, -0.2) is 0 Å². The van der Waals surface area contributed by atoms with Crippen molar-refractivity contribution in [3.63, 3.8) is 0 Å².